The lowest BCUT2D eigenvalue weighted by molar-refractivity contribution is -0.132. The van der Waals surface area contributed by atoms with Gasteiger partial charge in [0.2, 0.25) is 5.91 Å². The van der Waals surface area contributed by atoms with Crippen LogP contribution in [0.25, 0.3) is 17.7 Å². The molecule has 1 fully saturated rings. The molecule has 3 aromatic rings. The van der Waals surface area contributed by atoms with Crippen molar-refractivity contribution < 1.29 is 9.90 Å². The van der Waals surface area contributed by atoms with Gasteiger partial charge in [-0.1, -0.05) is 53.8 Å². The summed E-state index contributed by atoms with van der Waals surface area (Å²) in [4.78, 5) is 14.5. The normalized spacial score (nSPS) is 20.2. The third kappa shape index (κ3) is 3.75. The van der Waals surface area contributed by atoms with Crippen LogP contribution in [0.3, 0.4) is 0 Å². The average Bonchev–Trinajstić information content (AvgIpc) is 3.36. The zero-order chi connectivity index (χ0) is 20.5. The van der Waals surface area contributed by atoms with Crippen molar-refractivity contribution in [3.05, 3.63) is 65.1 Å². The minimum Gasteiger partial charge on any atom is -0.393 e. The maximum atomic E-state index is 12.6. The predicted molar refractivity (Wildman–Crippen MR) is 115 cm³/mol. The Morgan fingerprint density at radius 2 is 2.00 bits per heavy atom. The largest absolute Gasteiger partial charge is 0.393 e. The number of aromatic nitrogens is 3. The van der Waals surface area contributed by atoms with Gasteiger partial charge >= 0.3 is 0 Å². The Balaban J connectivity index is 1.17. The van der Waals surface area contributed by atoms with Crippen LogP contribution in [-0.2, 0) is 11.2 Å². The minimum absolute atomic E-state index is 0.180. The number of likely N-dealkylation sites (tertiary alicyclic amines) is 1. The molecule has 1 aliphatic heterocycles. The Bertz CT molecular complexity index is 1110. The Hall–Kier alpha value is -2.99. The highest BCUT2D eigenvalue weighted by Gasteiger charge is 2.28. The fourth-order valence-corrected chi connectivity index (χ4v) is 4.73. The smallest absolute Gasteiger partial charge is 0.226 e. The van der Waals surface area contributed by atoms with E-state index in [0.29, 0.717) is 12.8 Å². The molecule has 1 amide bonds. The Morgan fingerprint density at radius 1 is 1.20 bits per heavy atom. The molecule has 1 aromatic carbocycles. The quantitative estimate of drug-likeness (QED) is 0.710. The number of benzene rings is 1. The van der Waals surface area contributed by atoms with Gasteiger partial charge in [-0.15, -0.1) is 5.10 Å². The van der Waals surface area contributed by atoms with Crippen molar-refractivity contribution in [1.82, 2.24) is 19.7 Å². The maximum absolute atomic E-state index is 12.6. The second-order valence-electron chi connectivity index (χ2n) is 8.44. The number of allylic oxidation sites excluding steroid dienone is 1. The van der Waals surface area contributed by atoms with Gasteiger partial charge in [-0.25, -0.2) is 4.52 Å². The number of aliphatic hydroxyl groups excluding tert-OH is 1. The number of piperidine rings is 1. The van der Waals surface area contributed by atoms with E-state index in [-0.39, 0.29) is 23.8 Å². The maximum Gasteiger partial charge on any atom is 0.226 e. The molecule has 1 N–H and O–H groups in total. The van der Waals surface area contributed by atoms with E-state index >= 15 is 0 Å². The molecule has 0 radical (unpaired) electrons. The number of aliphatic hydroxyl groups is 1. The average molecular weight is 402 g/mol. The first-order valence-electron chi connectivity index (χ1n) is 10.7. The first-order valence-corrected chi connectivity index (χ1v) is 10.7. The summed E-state index contributed by atoms with van der Waals surface area (Å²) < 4.78 is 1.80. The van der Waals surface area contributed by atoms with Crippen molar-refractivity contribution in [3.8, 4) is 0 Å². The Kier molecular flexibility index (Phi) is 5.09. The van der Waals surface area contributed by atoms with E-state index in [4.69, 9.17) is 0 Å². The number of hydrogen-bond acceptors (Lipinski definition) is 4. The van der Waals surface area contributed by atoms with E-state index in [1.807, 2.05) is 41.4 Å². The molecule has 30 heavy (non-hydrogen) atoms. The number of carbonyl (C=O) groups is 1. The zero-order valence-corrected chi connectivity index (χ0v) is 16.9. The topological polar surface area (TPSA) is 70.7 Å². The molecule has 1 aliphatic carbocycles. The summed E-state index contributed by atoms with van der Waals surface area (Å²) in [6.45, 7) is 1.46. The first kappa shape index (κ1) is 19.0. The lowest BCUT2D eigenvalue weighted by Gasteiger charge is -2.35. The zero-order valence-electron chi connectivity index (χ0n) is 16.9. The Morgan fingerprint density at radius 3 is 2.80 bits per heavy atom. The van der Waals surface area contributed by atoms with Crippen LogP contribution in [0.4, 0.5) is 0 Å². The van der Waals surface area contributed by atoms with Gasteiger partial charge in [0.25, 0.3) is 0 Å². The van der Waals surface area contributed by atoms with Gasteiger partial charge in [0.15, 0.2) is 0 Å². The monoisotopic (exact) mass is 402 g/mol. The summed E-state index contributed by atoms with van der Waals surface area (Å²) in [6.07, 6.45) is 12.8. The van der Waals surface area contributed by atoms with Gasteiger partial charge in [0.05, 0.1) is 24.2 Å². The molecule has 2 aromatic heterocycles. The molecular formula is C24H26N4O2. The molecule has 0 bridgehead atoms. The first-order chi connectivity index (χ1) is 14.7. The van der Waals surface area contributed by atoms with Crippen molar-refractivity contribution in [2.45, 2.75) is 31.8 Å². The predicted octanol–water partition coefficient (Wildman–Crippen LogP) is 2.10. The third-order valence-electron chi connectivity index (χ3n) is 6.48. The second-order valence-corrected chi connectivity index (χ2v) is 8.44. The van der Waals surface area contributed by atoms with E-state index in [9.17, 15) is 9.90 Å². The van der Waals surface area contributed by atoms with Crippen LogP contribution in [-0.4, -0.2) is 49.9 Å². The summed E-state index contributed by atoms with van der Waals surface area (Å²) in [5.41, 5.74) is 3.22. The number of nitrogens with zero attached hydrogens (tertiary/aromatic N) is 4. The number of hydrogen-bond donors (Lipinski definition) is 1. The van der Waals surface area contributed by atoms with E-state index in [2.05, 4.69) is 28.5 Å². The van der Waals surface area contributed by atoms with Crippen LogP contribution in [0.2, 0.25) is 0 Å². The van der Waals surface area contributed by atoms with Crippen LogP contribution in [0.15, 0.2) is 48.8 Å². The lowest BCUT2D eigenvalue weighted by Crippen LogP contribution is -2.42. The number of rotatable bonds is 5. The Labute approximate surface area is 175 Å². The van der Waals surface area contributed by atoms with Crippen molar-refractivity contribution in [2.24, 2.45) is 11.8 Å². The van der Waals surface area contributed by atoms with E-state index in [1.165, 1.54) is 0 Å². The molecular weight excluding hydrogens is 376 g/mol. The van der Waals surface area contributed by atoms with Gasteiger partial charge in [-0.3, -0.25) is 4.79 Å². The molecule has 5 rings (SSSR count). The highest BCUT2D eigenvalue weighted by atomic mass is 16.3. The van der Waals surface area contributed by atoms with E-state index in [0.717, 1.165) is 47.8 Å². The molecule has 2 atom stereocenters. The highest BCUT2D eigenvalue weighted by molar-refractivity contribution is 5.78. The van der Waals surface area contributed by atoms with E-state index < -0.39 is 0 Å². The number of fused-ring (bicyclic) bond motifs is 3. The van der Waals surface area contributed by atoms with Gasteiger partial charge in [-0.2, -0.15) is 0 Å². The molecule has 154 valence electrons. The fraction of sp³-hybridized carbons (Fsp3) is 0.375. The molecule has 0 spiro atoms. The molecule has 6 nitrogen and oxygen atoms in total. The van der Waals surface area contributed by atoms with Crippen LogP contribution in [0.1, 0.15) is 30.4 Å². The highest BCUT2D eigenvalue weighted by Crippen LogP contribution is 2.27. The summed E-state index contributed by atoms with van der Waals surface area (Å²) in [5, 5.41) is 20.1. The van der Waals surface area contributed by atoms with Crippen molar-refractivity contribution in [3.63, 3.8) is 0 Å². The van der Waals surface area contributed by atoms with Crippen LogP contribution >= 0.6 is 0 Å². The molecule has 3 heterocycles. The van der Waals surface area contributed by atoms with Crippen LogP contribution in [0, 0.1) is 11.8 Å². The molecule has 2 unspecified atom stereocenters. The van der Waals surface area contributed by atoms with Crippen molar-refractivity contribution in [1.29, 1.82) is 0 Å². The second kappa shape index (κ2) is 8.03. The summed E-state index contributed by atoms with van der Waals surface area (Å²) in [7, 11) is 0. The standard InChI is InChI=1S/C24H26N4O2/c29-23(13-18-6-7-20-16-28-22(15-25-26-28)21(20)12-18)19-8-10-27(11-9-19)24(30)14-17-4-2-1-3-5-17/h1-7,12,15-16,18-19,23,29H,8-11,13-14H2. The van der Waals surface area contributed by atoms with E-state index in [1.54, 1.807) is 10.7 Å². The third-order valence-corrected chi connectivity index (χ3v) is 6.48. The van der Waals surface area contributed by atoms with Gasteiger partial charge in [0, 0.05) is 30.1 Å². The molecule has 0 saturated carbocycles. The molecule has 2 aliphatic rings. The number of amides is 1. The molecule has 1 saturated heterocycles. The van der Waals surface area contributed by atoms with Crippen molar-refractivity contribution in [2.75, 3.05) is 13.1 Å². The minimum atomic E-state index is -0.363. The van der Waals surface area contributed by atoms with Crippen LogP contribution in [0.5, 0.6) is 0 Å². The van der Waals surface area contributed by atoms with Gasteiger partial charge in [0.1, 0.15) is 0 Å². The summed E-state index contributed by atoms with van der Waals surface area (Å²) in [6, 6.07) is 9.89. The summed E-state index contributed by atoms with van der Waals surface area (Å²) >= 11 is 0. The SMILES string of the molecule is O=C(Cc1ccccc1)N1CCC(C(O)CC2C=Cc3cn4nncc4c3=C2)CC1. The van der Waals surface area contributed by atoms with Gasteiger partial charge in [-0.05, 0) is 36.7 Å². The summed E-state index contributed by atoms with van der Waals surface area (Å²) in [5.74, 6) is 0.622. The molecule has 6 heteroatoms. The van der Waals surface area contributed by atoms with Crippen molar-refractivity contribution >= 4 is 23.6 Å². The van der Waals surface area contributed by atoms with Gasteiger partial charge < -0.3 is 10.0 Å². The fourth-order valence-electron chi connectivity index (χ4n) is 4.73. The van der Waals surface area contributed by atoms with Crippen LogP contribution < -0.4 is 5.22 Å². The number of carbonyl (C=O) groups excluding carboxylic acids is 1. The lowest BCUT2D eigenvalue weighted by atomic mass is 9.84.